The number of carbonyl (C=O) groups excluding carboxylic acids is 1. The zero-order valence-corrected chi connectivity index (χ0v) is 11.3. The lowest BCUT2D eigenvalue weighted by Crippen LogP contribution is -2.30. The summed E-state index contributed by atoms with van der Waals surface area (Å²) in [7, 11) is 0. The molecule has 0 fully saturated rings. The molecular formula is C12H23NOS. The van der Waals surface area contributed by atoms with Gasteiger partial charge in [0.15, 0.2) is 0 Å². The van der Waals surface area contributed by atoms with Crippen molar-refractivity contribution in [3.63, 3.8) is 0 Å². The van der Waals surface area contributed by atoms with Crippen molar-refractivity contribution in [2.24, 2.45) is 5.92 Å². The highest BCUT2D eigenvalue weighted by Gasteiger charge is 2.19. The topological polar surface area (TPSA) is 29.1 Å². The average Bonchev–Trinajstić information content (AvgIpc) is 2.17. The molecule has 0 aliphatic carbocycles. The van der Waals surface area contributed by atoms with Gasteiger partial charge in [-0.05, 0) is 20.1 Å². The van der Waals surface area contributed by atoms with E-state index in [0.29, 0.717) is 18.7 Å². The third-order valence-corrected chi connectivity index (χ3v) is 3.86. The number of nitrogens with one attached hydrogen (secondary N) is 1. The van der Waals surface area contributed by atoms with Crippen LogP contribution >= 0.6 is 11.8 Å². The molecule has 0 heterocycles. The van der Waals surface area contributed by atoms with Crippen molar-refractivity contribution in [1.82, 2.24) is 5.32 Å². The highest BCUT2D eigenvalue weighted by atomic mass is 32.2. The fraction of sp³-hybridized carbons (Fsp3) is 0.750. The summed E-state index contributed by atoms with van der Waals surface area (Å²) in [4.78, 5) is 11.4. The number of hydrogen-bond donors (Lipinski definition) is 1. The Morgan fingerprint density at radius 2 is 2.00 bits per heavy atom. The van der Waals surface area contributed by atoms with E-state index in [0.717, 1.165) is 5.70 Å². The first-order chi connectivity index (χ1) is 6.81. The molecule has 0 atom stereocenters. The molecule has 0 aromatic heterocycles. The lowest BCUT2D eigenvalue weighted by Gasteiger charge is -2.26. The molecule has 0 bridgehead atoms. The zero-order valence-electron chi connectivity index (χ0n) is 10.5. The Bertz CT molecular complexity index is 234. The number of rotatable bonds is 7. The summed E-state index contributed by atoms with van der Waals surface area (Å²) >= 11 is 1.75. The van der Waals surface area contributed by atoms with Crippen molar-refractivity contribution in [1.29, 1.82) is 0 Å². The molecule has 0 aromatic carbocycles. The van der Waals surface area contributed by atoms with Crippen LogP contribution in [0.3, 0.4) is 0 Å². The van der Waals surface area contributed by atoms with Crippen LogP contribution in [0.15, 0.2) is 12.3 Å². The van der Waals surface area contributed by atoms with Crippen molar-refractivity contribution in [2.45, 2.75) is 38.9 Å². The van der Waals surface area contributed by atoms with Crippen LogP contribution in [0.5, 0.6) is 0 Å². The summed E-state index contributed by atoms with van der Waals surface area (Å²) in [5, 5.41) is 3.22. The second-order valence-electron chi connectivity index (χ2n) is 4.49. The van der Waals surface area contributed by atoms with Crippen LogP contribution in [-0.4, -0.2) is 23.3 Å². The van der Waals surface area contributed by atoms with Gasteiger partial charge >= 0.3 is 0 Å². The minimum absolute atomic E-state index is 0.0286. The van der Waals surface area contributed by atoms with Crippen molar-refractivity contribution >= 4 is 17.5 Å². The SMILES string of the molecule is C=C(NCCC(=O)C(C)C)C(C)(C)SC. The van der Waals surface area contributed by atoms with Gasteiger partial charge in [-0.15, -0.1) is 0 Å². The van der Waals surface area contributed by atoms with E-state index in [1.165, 1.54) is 0 Å². The Hall–Kier alpha value is -0.440. The van der Waals surface area contributed by atoms with Crippen molar-refractivity contribution < 1.29 is 4.79 Å². The van der Waals surface area contributed by atoms with E-state index in [-0.39, 0.29) is 10.7 Å². The Morgan fingerprint density at radius 3 is 2.40 bits per heavy atom. The molecule has 0 unspecified atom stereocenters. The Balaban J connectivity index is 3.88. The Kier molecular flexibility index (Phi) is 6.03. The smallest absolute Gasteiger partial charge is 0.137 e. The summed E-state index contributed by atoms with van der Waals surface area (Å²) in [5.74, 6) is 0.436. The van der Waals surface area contributed by atoms with Gasteiger partial charge in [0, 0.05) is 29.3 Å². The highest BCUT2D eigenvalue weighted by molar-refractivity contribution is 8.00. The average molecular weight is 229 g/mol. The zero-order chi connectivity index (χ0) is 12.1. The molecule has 1 N–H and O–H groups in total. The number of thioether (sulfide) groups is 1. The van der Waals surface area contributed by atoms with E-state index in [9.17, 15) is 4.79 Å². The minimum Gasteiger partial charge on any atom is -0.387 e. The fourth-order valence-electron chi connectivity index (χ4n) is 0.961. The molecule has 0 spiro atoms. The first kappa shape index (κ1) is 14.6. The van der Waals surface area contributed by atoms with Gasteiger partial charge in [-0.3, -0.25) is 4.79 Å². The maximum Gasteiger partial charge on any atom is 0.137 e. The lowest BCUT2D eigenvalue weighted by atomic mass is 10.1. The van der Waals surface area contributed by atoms with Gasteiger partial charge in [0.1, 0.15) is 5.78 Å². The van der Waals surface area contributed by atoms with Crippen LogP contribution in [0.4, 0.5) is 0 Å². The van der Waals surface area contributed by atoms with Crippen LogP contribution in [0.1, 0.15) is 34.1 Å². The van der Waals surface area contributed by atoms with E-state index in [4.69, 9.17) is 0 Å². The van der Waals surface area contributed by atoms with E-state index >= 15 is 0 Å². The molecule has 3 heteroatoms. The molecule has 0 aliphatic heterocycles. The fourth-order valence-corrected chi connectivity index (χ4v) is 1.28. The van der Waals surface area contributed by atoms with Gasteiger partial charge < -0.3 is 5.32 Å². The second kappa shape index (κ2) is 6.21. The predicted octanol–water partition coefficient (Wildman–Crippen LogP) is 2.85. The molecule has 2 nitrogen and oxygen atoms in total. The summed E-state index contributed by atoms with van der Waals surface area (Å²) in [6.45, 7) is 12.8. The molecule has 0 saturated heterocycles. The number of carbonyl (C=O) groups is 1. The standard InChI is InChI=1S/C12H23NOS/c1-9(2)11(14)7-8-13-10(3)12(4,5)15-6/h9,13H,3,7-8H2,1-2,4-6H3. The monoisotopic (exact) mass is 229 g/mol. The normalized spacial score (nSPS) is 11.6. The Morgan fingerprint density at radius 1 is 1.47 bits per heavy atom. The summed E-state index contributed by atoms with van der Waals surface area (Å²) < 4.78 is 0.0286. The van der Waals surface area contributed by atoms with Crippen LogP contribution in [0, 0.1) is 5.92 Å². The third kappa shape index (κ3) is 5.26. The maximum atomic E-state index is 11.4. The van der Waals surface area contributed by atoms with Crippen molar-refractivity contribution in [3.05, 3.63) is 12.3 Å². The first-order valence-corrected chi connectivity index (χ1v) is 6.55. The quantitative estimate of drug-likeness (QED) is 0.728. The first-order valence-electron chi connectivity index (χ1n) is 5.32. The van der Waals surface area contributed by atoms with Crippen LogP contribution < -0.4 is 5.32 Å². The molecule has 0 aliphatic rings. The number of Topliss-reactive ketones (excluding diaryl/α,β-unsaturated/α-hetero) is 1. The van der Waals surface area contributed by atoms with Gasteiger partial charge in [-0.1, -0.05) is 20.4 Å². The maximum absolute atomic E-state index is 11.4. The van der Waals surface area contributed by atoms with Crippen LogP contribution in [-0.2, 0) is 4.79 Å². The summed E-state index contributed by atoms with van der Waals surface area (Å²) in [6, 6.07) is 0. The van der Waals surface area contributed by atoms with Gasteiger partial charge in [-0.2, -0.15) is 11.8 Å². The van der Waals surface area contributed by atoms with E-state index in [2.05, 4.69) is 32.0 Å². The molecule has 0 saturated carbocycles. The molecule has 0 radical (unpaired) electrons. The second-order valence-corrected chi connectivity index (χ2v) is 5.92. The van der Waals surface area contributed by atoms with Crippen LogP contribution in [0.25, 0.3) is 0 Å². The van der Waals surface area contributed by atoms with Gasteiger partial charge in [0.25, 0.3) is 0 Å². The van der Waals surface area contributed by atoms with Gasteiger partial charge in [0.2, 0.25) is 0 Å². The van der Waals surface area contributed by atoms with Gasteiger partial charge in [-0.25, -0.2) is 0 Å². The van der Waals surface area contributed by atoms with Crippen LogP contribution in [0.2, 0.25) is 0 Å². The third-order valence-electron chi connectivity index (χ3n) is 2.59. The van der Waals surface area contributed by atoms with Crippen molar-refractivity contribution in [2.75, 3.05) is 12.8 Å². The summed E-state index contributed by atoms with van der Waals surface area (Å²) in [6.07, 6.45) is 2.65. The lowest BCUT2D eigenvalue weighted by molar-refractivity contribution is -0.121. The Labute approximate surface area is 97.9 Å². The van der Waals surface area contributed by atoms with E-state index < -0.39 is 0 Å². The van der Waals surface area contributed by atoms with E-state index in [1.807, 2.05) is 13.8 Å². The summed E-state index contributed by atoms with van der Waals surface area (Å²) in [5.41, 5.74) is 0.992. The molecule has 0 aromatic rings. The predicted molar refractivity (Wildman–Crippen MR) is 69.2 cm³/mol. The molecule has 15 heavy (non-hydrogen) atoms. The molecular weight excluding hydrogens is 206 g/mol. The molecule has 0 rings (SSSR count). The largest absolute Gasteiger partial charge is 0.387 e. The van der Waals surface area contributed by atoms with E-state index in [1.54, 1.807) is 11.8 Å². The molecule has 0 amide bonds. The number of hydrogen-bond acceptors (Lipinski definition) is 3. The molecule has 88 valence electrons. The minimum atomic E-state index is 0.0286. The van der Waals surface area contributed by atoms with Crippen molar-refractivity contribution in [3.8, 4) is 0 Å². The highest BCUT2D eigenvalue weighted by Crippen LogP contribution is 2.26. The van der Waals surface area contributed by atoms with Gasteiger partial charge in [0.05, 0.1) is 0 Å². The number of ketones is 1.